The van der Waals surface area contributed by atoms with Crippen LogP contribution in [0.2, 0.25) is 0 Å². The van der Waals surface area contributed by atoms with Crippen molar-refractivity contribution in [2.24, 2.45) is 10.4 Å². The van der Waals surface area contributed by atoms with Crippen molar-refractivity contribution in [3.63, 3.8) is 0 Å². The fourth-order valence-electron chi connectivity index (χ4n) is 1.85. The van der Waals surface area contributed by atoms with Crippen molar-refractivity contribution in [3.05, 3.63) is 29.8 Å². The van der Waals surface area contributed by atoms with E-state index in [0.29, 0.717) is 5.41 Å². The Balaban J connectivity index is 2.49. The standard InChI is InChI=1S/C15H21NO/c1-15(2,3)11-7-6-9-13-8-4-5-10-14(13)16-12-17/h4-5,8,10H,6-7,9,11H2,1-3H3. The van der Waals surface area contributed by atoms with Crippen LogP contribution in [0.15, 0.2) is 29.3 Å². The molecule has 0 atom stereocenters. The van der Waals surface area contributed by atoms with Gasteiger partial charge in [-0.25, -0.2) is 4.79 Å². The Kier molecular flexibility index (Phi) is 5.11. The molecule has 0 aliphatic rings. The Hall–Kier alpha value is -1.40. The lowest BCUT2D eigenvalue weighted by Gasteiger charge is -2.17. The van der Waals surface area contributed by atoms with E-state index < -0.39 is 0 Å². The maximum atomic E-state index is 10.3. The van der Waals surface area contributed by atoms with Crippen molar-refractivity contribution in [1.82, 2.24) is 0 Å². The molecule has 0 aromatic heterocycles. The molecule has 0 heterocycles. The van der Waals surface area contributed by atoms with E-state index in [1.165, 1.54) is 12.8 Å². The number of hydrogen-bond donors (Lipinski definition) is 0. The van der Waals surface area contributed by atoms with Crippen molar-refractivity contribution >= 4 is 11.8 Å². The van der Waals surface area contributed by atoms with Crippen LogP contribution in [0.25, 0.3) is 0 Å². The molecule has 1 aromatic carbocycles. The molecule has 0 fully saturated rings. The molecule has 0 unspecified atom stereocenters. The molecular weight excluding hydrogens is 210 g/mol. The number of rotatable bonds is 5. The molecular formula is C15H21NO. The maximum Gasteiger partial charge on any atom is 0.240 e. The Morgan fingerprint density at radius 2 is 1.88 bits per heavy atom. The molecule has 0 saturated heterocycles. The van der Waals surface area contributed by atoms with Crippen LogP contribution in [0, 0.1) is 5.41 Å². The largest absolute Gasteiger partial charge is 0.240 e. The van der Waals surface area contributed by atoms with Gasteiger partial charge in [0.1, 0.15) is 0 Å². The van der Waals surface area contributed by atoms with Crippen LogP contribution in [0.4, 0.5) is 5.69 Å². The van der Waals surface area contributed by atoms with E-state index in [9.17, 15) is 4.79 Å². The number of benzene rings is 1. The fourth-order valence-corrected chi connectivity index (χ4v) is 1.85. The molecule has 17 heavy (non-hydrogen) atoms. The van der Waals surface area contributed by atoms with Crippen molar-refractivity contribution in [3.8, 4) is 0 Å². The maximum absolute atomic E-state index is 10.3. The molecule has 2 nitrogen and oxygen atoms in total. The first-order valence-corrected chi connectivity index (χ1v) is 6.19. The van der Waals surface area contributed by atoms with E-state index in [2.05, 4.69) is 25.8 Å². The molecule has 2 heteroatoms. The van der Waals surface area contributed by atoms with E-state index in [0.717, 1.165) is 24.1 Å². The van der Waals surface area contributed by atoms with Crippen molar-refractivity contribution in [2.75, 3.05) is 0 Å². The van der Waals surface area contributed by atoms with Gasteiger partial charge in [0.15, 0.2) is 0 Å². The molecule has 0 aliphatic heterocycles. The van der Waals surface area contributed by atoms with Gasteiger partial charge in [0.25, 0.3) is 0 Å². The summed E-state index contributed by atoms with van der Waals surface area (Å²) >= 11 is 0. The average Bonchev–Trinajstić information content (AvgIpc) is 2.25. The SMILES string of the molecule is CC(C)(C)CCCCc1ccccc1N=C=O. The normalized spacial score (nSPS) is 11.0. The highest BCUT2D eigenvalue weighted by Crippen LogP contribution is 2.24. The minimum atomic E-state index is 0.403. The van der Waals surface area contributed by atoms with Crippen molar-refractivity contribution in [1.29, 1.82) is 0 Å². The zero-order chi connectivity index (χ0) is 12.7. The van der Waals surface area contributed by atoms with Gasteiger partial charge >= 0.3 is 0 Å². The lowest BCUT2D eigenvalue weighted by atomic mass is 9.89. The monoisotopic (exact) mass is 231 g/mol. The number of nitrogens with zero attached hydrogens (tertiary/aromatic N) is 1. The smallest absolute Gasteiger partial charge is 0.211 e. The van der Waals surface area contributed by atoms with Crippen LogP contribution in [0.3, 0.4) is 0 Å². The van der Waals surface area contributed by atoms with E-state index in [4.69, 9.17) is 0 Å². The quantitative estimate of drug-likeness (QED) is 0.419. The topological polar surface area (TPSA) is 29.4 Å². The molecule has 0 saturated carbocycles. The van der Waals surface area contributed by atoms with Crippen LogP contribution in [-0.2, 0) is 11.2 Å². The van der Waals surface area contributed by atoms with Crippen LogP contribution in [-0.4, -0.2) is 6.08 Å². The zero-order valence-corrected chi connectivity index (χ0v) is 11.0. The first-order valence-electron chi connectivity index (χ1n) is 6.19. The molecule has 0 radical (unpaired) electrons. The molecule has 1 rings (SSSR count). The molecule has 1 aromatic rings. The van der Waals surface area contributed by atoms with Crippen molar-refractivity contribution < 1.29 is 4.79 Å². The van der Waals surface area contributed by atoms with Gasteiger partial charge in [-0.1, -0.05) is 45.4 Å². The Bertz CT molecular complexity index is 398. The van der Waals surface area contributed by atoms with Gasteiger partial charge in [0, 0.05) is 0 Å². The number of isocyanates is 1. The summed E-state index contributed by atoms with van der Waals surface area (Å²) in [6.45, 7) is 6.78. The molecule has 92 valence electrons. The van der Waals surface area contributed by atoms with Gasteiger partial charge in [0.2, 0.25) is 6.08 Å². The second-order valence-corrected chi connectivity index (χ2v) is 5.60. The van der Waals surface area contributed by atoms with E-state index in [1.807, 2.05) is 24.3 Å². The number of carbonyl (C=O) groups excluding carboxylic acids is 1. The second-order valence-electron chi connectivity index (χ2n) is 5.60. The van der Waals surface area contributed by atoms with Gasteiger partial charge in [-0.05, 0) is 36.3 Å². The summed E-state index contributed by atoms with van der Waals surface area (Å²) in [5.74, 6) is 0. The summed E-state index contributed by atoms with van der Waals surface area (Å²) in [6.07, 6.45) is 6.18. The third kappa shape index (κ3) is 5.46. The second kappa shape index (κ2) is 6.36. The third-order valence-electron chi connectivity index (χ3n) is 2.78. The summed E-state index contributed by atoms with van der Waals surface area (Å²) in [5.41, 5.74) is 2.31. The number of para-hydroxylation sites is 1. The molecule has 0 aliphatic carbocycles. The lowest BCUT2D eigenvalue weighted by molar-refractivity contribution is 0.360. The van der Waals surface area contributed by atoms with Crippen LogP contribution < -0.4 is 0 Å². The van der Waals surface area contributed by atoms with E-state index >= 15 is 0 Å². The van der Waals surface area contributed by atoms with Crippen LogP contribution >= 0.6 is 0 Å². The first kappa shape index (κ1) is 13.7. The van der Waals surface area contributed by atoms with Crippen LogP contribution in [0.5, 0.6) is 0 Å². The van der Waals surface area contributed by atoms with Crippen molar-refractivity contribution in [2.45, 2.75) is 46.5 Å². The molecule has 0 spiro atoms. The number of aryl methyl sites for hydroxylation is 1. The van der Waals surface area contributed by atoms with E-state index in [1.54, 1.807) is 6.08 Å². The van der Waals surface area contributed by atoms with Gasteiger partial charge in [-0.2, -0.15) is 4.99 Å². The van der Waals surface area contributed by atoms with E-state index in [-0.39, 0.29) is 0 Å². The Morgan fingerprint density at radius 1 is 1.18 bits per heavy atom. The molecule has 0 N–H and O–H groups in total. The number of hydrogen-bond acceptors (Lipinski definition) is 2. The van der Waals surface area contributed by atoms with Gasteiger partial charge in [-0.15, -0.1) is 0 Å². The van der Waals surface area contributed by atoms with Crippen LogP contribution in [0.1, 0.15) is 45.6 Å². The summed E-state index contributed by atoms with van der Waals surface area (Å²) in [7, 11) is 0. The van der Waals surface area contributed by atoms with Gasteiger partial charge < -0.3 is 0 Å². The van der Waals surface area contributed by atoms with Gasteiger partial charge in [-0.3, -0.25) is 0 Å². The third-order valence-corrected chi connectivity index (χ3v) is 2.78. The number of unbranched alkanes of at least 4 members (excludes halogenated alkanes) is 1. The molecule has 0 amide bonds. The Morgan fingerprint density at radius 3 is 2.53 bits per heavy atom. The minimum absolute atomic E-state index is 0.403. The summed E-state index contributed by atoms with van der Waals surface area (Å²) in [6, 6.07) is 7.79. The summed E-state index contributed by atoms with van der Waals surface area (Å²) in [5, 5.41) is 0. The first-order chi connectivity index (χ1) is 8.03. The lowest BCUT2D eigenvalue weighted by Crippen LogP contribution is -2.04. The minimum Gasteiger partial charge on any atom is -0.211 e. The summed E-state index contributed by atoms with van der Waals surface area (Å²) in [4.78, 5) is 14.0. The predicted octanol–water partition coefficient (Wildman–Crippen LogP) is 4.41. The summed E-state index contributed by atoms with van der Waals surface area (Å²) < 4.78 is 0. The molecule has 0 bridgehead atoms. The highest BCUT2D eigenvalue weighted by atomic mass is 16.1. The van der Waals surface area contributed by atoms with Gasteiger partial charge in [0.05, 0.1) is 5.69 Å². The average molecular weight is 231 g/mol. The highest BCUT2D eigenvalue weighted by molar-refractivity contribution is 5.53. The fraction of sp³-hybridized carbons (Fsp3) is 0.533. The number of aliphatic imine (C=N–C) groups is 1. The zero-order valence-electron chi connectivity index (χ0n) is 11.0. The highest BCUT2D eigenvalue weighted by Gasteiger charge is 2.09. The Labute approximate surface area is 104 Å². The predicted molar refractivity (Wildman–Crippen MR) is 71.2 cm³/mol.